The normalized spacial score (nSPS) is 20.5. The maximum Gasteiger partial charge on any atom is 0.245 e. The van der Waals surface area contributed by atoms with Crippen LogP contribution in [0.25, 0.3) is 0 Å². The molecule has 1 unspecified atom stereocenters. The van der Waals surface area contributed by atoms with E-state index in [0.29, 0.717) is 0 Å². The van der Waals surface area contributed by atoms with Crippen molar-refractivity contribution in [2.75, 3.05) is 13.1 Å². The van der Waals surface area contributed by atoms with Crippen molar-refractivity contribution in [3.05, 3.63) is 59.8 Å². The number of allylic oxidation sites excluding steroid dienone is 3. The molecule has 1 saturated heterocycles. The number of hydrogen-bond acceptors (Lipinski definition) is 4. The van der Waals surface area contributed by atoms with Gasteiger partial charge in [-0.3, -0.25) is 9.80 Å². The van der Waals surface area contributed by atoms with Crippen molar-refractivity contribution in [1.29, 1.82) is 0 Å². The quantitative estimate of drug-likeness (QED) is 0.894. The summed E-state index contributed by atoms with van der Waals surface area (Å²) in [6.07, 6.45) is 8.98. The van der Waals surface area contributed by atoms with Crippen LogP contribution in [0.1, 0.15) is 30.9 Å². The Labute approximate surface area is 136 Å². The monoisotopic (exact) mass is 310 g/mol. The maximum atomic E-state index is 12.2. The first-order chi connectivity index (χ1) is 11.2. The average Bonchev–Trinajstić information content (AvgIpc) is 3.10. The van der Waals surface area contributed by atoms with E-state index in [0.717, 1.165) is 36.5 Å². The van der Waals surface area contributed by atoms with Crippen LogP contribution in [-0.2, 0) is 4.79 Å². The van der Waals surface area contributed by atoms with Crippen LogP contribution >= 0.6 is 0 Å². The molecule has 0 saturated carbocycles. The van der Waals surface area contributed by atoms with Crippen molar-refractivity contribution in [2.24, 2.45) is 10.8 Å². The molecule has 0 radical (unpaired) electrons. The molecule has 1 aromatic carbocycles. The fraction of sp³-hybridized carbons (Fsp3) is 0.333. The Kier molecular flexibility index (Phi) is 4.88. The first-order valence-electron chi connectivity index (χ1n) is 8.04. The van der Waals surface area contributed by atoms with Crippen molar-refractivity contribution < 1.29 is 4.79 Å². The van der Waals surface area contributed by atoms with Crippen LogP contribution in [0.4, 0.5) is 0 Å². The molecule has 120 valence electrons. The standard InChI is InChI=1S/C18H22N4O/c19-17(14-6-2-1-3-7-14)18(23)20-15-8-10-16(11-9-15)21-22-12-4-5-13-22/h1-3,6-10,17H,4-5,11-13,19H2,(H,20,23). The maximum absolute atomic E-state index is 12.2. The minimum absolute atomic E-state index is 0.202. The van der Waals surface area contributed by atoms with Crippen LogP contribution in [0, 0.1) is 0 Å². The predicted molar refractivity (Wildman–Crippen MR) is 91.6 cm³/mol. The highest BCUT2D eigenvalue weighted by Gasteiger charge is 2.17. The van der Waals surface area contributed by atoms with Gasteiger partial charge in [-0.05, 0) is 30.6 Å². The SMILES string of the molecule is NC(C(=O)NC1=CCC(=NN2CCCC2)C=C1)c1ccccc1. The lowest BCUT2D eigenvalue weighted by molar-refractivity contribution is -0.121. The summed E-state index contributed by atoms with van der Waals surface area (Å²) in [4.78, 5) is 12.2. The van der Waals surface area contributed by atoms with E-state index >= 15 is 0 Å². The lowest BCUT2D eigenvalue weighted by Crippen LogP contribution is -2.33. The summed E-state index contributed by atoms with van der Waals surface area (Å²) in [5, 5.41) is 9.60. The van der Waals surface area contributed by atoms with Gasteiger partial charge in [-0.2, -0.15) is 5.10 Å². The van der Waals surface area contributed by atoms with Crippen molar-refractivity contribution in [3.63, 3.8) is 0 Å². The third kappa shape index (κ3) is 4.07. The number of hydrogen-bond donors (Lipinski definition) is 2. The predicted octanol–water partition coefficient (Wildman–Crippen LogP) is 2.10. The number of carbonyl (C=O) groups is 1. The van der Waals surface area contributed by atoms with Gasteiger partial charge < -0.3 is 11.1 Å². The van der Waals surface area contributed by atoms with Gasteiger partial charge in [0.05, 0.1) is 5.71 Å². The number of rotatable bonds is 4. The minimum atomic E-state index is -0.662. The van der Waals surface area contributed by atoms with Gasteiger partial charge in [-0.1, -0.05) is 36.4 Å². The summed E-state index contributed by atoms with van der Waals surface area (Å²) in [5.41, 5.74) is 8.61. The summed E-state index contributed by atoms with van der Waals surface area (Å²) in [6.45, 7) is 2.08. The molecule has 1 aromatic rings. The minimum Gasteiger partial charge on any atom is -0.325 e. The number of carbonyl (C=O) groups excluding carboxylic acids is 1. The molecule has 0 bridgehead atoms. The third-order valence-electron chi connectivity index (χ3n) is 4.05. The van der Waals surface area contributed by atoms with E-state index in [-0.39, 0.29) is 5.91 Å². The molecule has 1 amide bonds. The van der Waals surface area contributed by atoms with Gasteiger partial charge in [-0.15, -0.1) is 0 Å². The third-order valence-corrected chi connectivity index (χ3v) is 4.05. The Morgan fingerprint density at radius 1 is 1.17 bits per heavy atom. The number of benzene rings is 1. The van der Waals surface area contributed by atoms with Crippen molar-refractivity contribution in [1.82, 2.24) is 10.3 Å². The second kappa shape index (κ2) is 7.24. The summed E-state index contributed by atoms with van der Waals surface area (Å²) in [6, 6.07) is 8.71. The Morgan fingerprint density at radius 3 is 2.57 bits per heavy atom. The van der Waals surface area contributed by atoms with Crippen molar-refractivity contribution in [2.45, 2.75) is 25.3 Å². The molecule has 3 rings (SSSR count). The van der Waals surface area contributed by atoms with E-state index in [1.54, 1.807) is 0 Å². The van der Waals surface area contributed by atoms with Crippen LogP contribution in [0.5, 0.6) is 0 Å². The van der Waals surface area contributed by atoms with E-state index < -0.39 is 6.04 Å². The van der Waals surface area contributed by atoms with E-state index in [1.165, 1.54) is 12.8 Å². The molecule has 23 heavy (non-hydrogen) atoms. The summed E-state index contributed by atoms with van der Waals surface area (Å²) in [7, 11) is 0. The van der Waals surface area contributed by atoms with Gasteiger partial charge in [-0.25, -0.2) is 0 Å². The molecule has 1 fully saturated rings. The van der Waals surface area contributed by atoms with Gasteiger partial charge in [0, 0.05) is 25.2 Å². The van der Waals surface area contributed by atoms with E-state index in [4.69, 9.17) is 5.73 Å². The highest BCUT2D eigenvalue weighted by Crippen LogP contribution is 2.14. The molecule has 2 aliphatic rings. The fourth-order valence-electron chi connectivity index (χ4n) is 2.72. The summed E-state index contributed by atoms with van der Waals surface area (Å²) >= 11 is 0. The molecule has 1 heterocycles. The highest BCUT2D eigenvalue weighted by molar-refractivity contribution is 5.98. The molecule has 5 heteroatoms. The van der Waals surface area contributed by atoms with Crippen LogP contribution in [-0.4, -0.2) is 29.7 Å². The lowest BCUT2D eigenvalue weighted by Gasteiger charge is -2.16. The van der Waals surface area contributed by atoms with Crippen molar-refractivity contribution >= 4 is 11.6 Å². The highest BCUT2D eigenvalue weighted by atomic mass is 16.2. The Balaban J connectivity index is 1.56. The zero-order valence-electron chi connectivity index (χ0n) is 13.1. The fourth-order valence-corrected chi connectivity index (χ4v) is 2.72. The van der Waals surface area contributed by atoms with E-state index in [2.05, 4.69) is 15.4 Å². The Bertz CT molecular complexity index is 642. The van der Waals surface area contributed by atoms with Crippen LogP contribution in [0.3, 0.4) is 0 Å². The van der Waals surface area contributed by atoms with Crippen LogP contribution in [0.2, 0.25) is 0 Å². The van der Waals surface area contributed by atoms with Crippen molar-refractivity contribution in [3.8, 4) is 0 Å². The molecule has 0 spiro atoms. The first kappa shape index (κ1) is 15.5. The molecular weight excluding hydrogens is 288 g/mol. The number of nitrogens with one attached hydrogen (secondary N) is 1. The molecule has 0 aromatic heterocycles. The Morgan fingerprint density at radius 2 is 1.91 bits per heavy atom. The number of nitrogens with zero attached hydrogens (tertiary/aromatic N) is 2. The molecule has 1 aliphatic heterocycles. The van der Waals surface area contributed by atoms with Crippen LogP contribution < -0.4 is 11.1 Å². The zero-order chi connectivity index (χ0) is 16.1. The van der Waals surface area contributed by atoms with E-state index in [1.807, 2.05) is 48.6 Å². The van der Waals surface area contributed by atoms with E-state index in [9.17, 15) is 4.79 Å². The second-order valence-corrected chi connectivity index (χ2v) is 5.83. The second-order valence-electron chi connectivity index (χ2n) is 5.83. The molecule has 3 N–H and O–H groups in total. The molecule has 5 nitrogen and oxygen atoms in total. The number of amides is 1. The molecule has 1 atom stereocenters. The van der Waals surface area contributed by atoms with Gasteiger partial charge in [0.25, 0.3) is 0 Å². The molecular formula is C18H22N4O. The Hall–Kier alpha value is -2.40. The van der Waals surface area contributed by atoms with Gasteiger partial charge in [0.2, 0.25) is 5.91 Å². The largest absolute Gasteiger partial charge is 0.325 e. The van der Waals surface area contributed by atoms with Gasteiger partial charge in [0.1, 0.15) is 6.04 Å². The summed E-state index contributed by atoms with van der Waals surface area (Å²) < 4.78 is 0. The van der Waals surface area contributed by atoms with Crippen LogP contribution in [0.15, 0.2) is 59.4 Å². The molecule has 1 aliphatic carbocycles. The number of hydrazone groups is 1. The van der Waals surface area contributed by atoms with Gasteiger partial charge >= 0.3 is 0 Å². The average molecular weight is 310 g/mol. The lowest BCUT2D eigenvalue weighted by atomic mass is 10.1. The zero-order valence-corrected chi connectivity index (χ0v) is 13.1. The topological polar surface area (TPSA) is 70.7 Å². The number of nitrogens with two attached hydrogens (primary N) is 1. The van der Waals surface area contributed by atoms with Gasteiger partial charge in [0.15, 0.2) is 0 Å². The smallest absolute Gasteiger partial charge is 0.245 e. The first-order valence-corrected chi connectivity index (χ1v) is 8.04. The summed E-state index contributed by atoms with van der Waals surface area (Å²) in [5.74, 6) is -0.202.